The van der Waals surface area contributed by atoms with Gasteiger partial charge in [-0.2, -0.15) is 0 Å². The maximum atomic E-state index is 12.5. The summed E-state index contributed by atoms with van der Waals surface area (Å²) in [7, 11) is 0. The molecule has 0 saturated carbocycles. The highest BCUT2D eigenvalue weighted by molar-refractivity contribution is 5.95. The van der Waals surface area contributed by atoms with E-state index in [9.17, 15) is 24.0 Å². The first-order valence-corrected chi connectivity index (χ1v) is 9.97. The largest absolute Gasteiger partial charge is 0.480 e. The number of rotatable bonds is 10. The van der Waals surface area contributed by atoms with Gasteiger partial charge in [0.1, 0.15) is 30.3 Å². The Morgan fingerprint density at radius 3 is 1.91 bits per heavy atom. The van der Waals surface area contributed by atoms with Crippen LogP contribution in [0.15, 0.2) is 30.3 Å². The lowest BCUT2D eigenvalue weighted by molar-refractivity contribution is -0.141. The SMILES string of the molecule is C[C@H](NC(=O)[C@H](C)NC(=O)[C@H](C)NC(=O)C(C)(C)NC(=O)OCc1ccccc1)C(=O)O. The number of hydrogen-bond acceptors (Lipinski definition) is 6. The van der Waals surface area contributed by atoms with Crippen molar-refractivity contribution in [2.45, 2.75) is 64.9 Å². The van der Waals surface area contributed by atoms with Crippen LogP contribution in [-0.4, -0.2) is 58.6 Å². The van der Waals surface area contributed by atoms with Gasteiger partial charge >= 0.3 is 12.1 Å². The first-order chi connectivity index (χ1) is 14.8. The van der Waals surface area contributed by atoms with Gasteiger partial charge in [0.15, 0.2) is 0 Å². The number of aliphatic carboxylic acids is 1. The molecule has 11 nitrogen and oxygen atoms in total. The highest BCUT2D eigenvalue weighted by Gasteiger charge is 2.32. The van der Waals surface area contributed by atoms with Crippen molar-refractivity contribution in [1.29, 1.82) is 0 Å². The standard InChI is InChI=1S/C21H30N4O7/c1-12(16(26)23-14(3)18(28)29)22-17(27)13(2)24-19(30)21(4,5)25-20(31)32-11-15-9-7-6-8-10-15/h6-10,12-14H,11H2,1-5H3,(H,22,27)(H,23,26)(H,24,30)(H,25,31)(H,28,29)/t12-,13-,14-/m0/s1. The van der Waals surface area contributed by atoms with Gasteiger partial charge in [-0.1, -0.05) is 30.3 Å². The first kappa shape index (κ1) is 26.4. The van der Waals surface area contributed by atoms with Gasteiger partial charge < -0.3 is 31.1 Å². The highest BCUT2D eigenvalue weighted by atomic mass is 16.5. The van der Waals surface area contributed by atoms with Gasteiger partial charge in [-0.25, -0.2) is 4.79 Å². The second-order valence-electron chi connectivity index (χ2n) is 7.81. The van der Waals surface area contributed by atoms with E-state index in [0.717, 1.165) is 5.56 Å². The number of hydrogen-bond donors (Lipinski definition) is 5. The van der Waals surface area contributed by atoms with Crippen molar-refractivity contribution in [1.82, 2.24) is 21.3 Å². The van der Waals surface area contributed by atoms with Crippen LogP contribution in [0.1, 0.15) is 40.2 Å². The topological polar surface area (TPSA) is 163 Å². The van der Waals surface area contributed by atoms with Crippen LogP contribution in [0.25, 0.3) is 0 Å². The van der Waals surface area contributed by atoms with Crippen LogP contribution in [0.5, 0.6) is 0 Å². The normalized spacial score (nSPS) is 13.7. The number of benzene rings is 1. The number of carboxylic acid groups (broad SMARTS) is 1. The minimum absolute atomic E-state index is 0.0314. The van der Waals surface area contributed by atoms with Crippen molar-refractivity contribution < 1.29 is 33.8 Å². The Morgan fingerprint density at radius 1 is 0.875 bits per heavy atom. The van der Waals surface area contributed by atoms with Crippen LogP contribution in [0.3, 0.4) is 0 Å². The zero-order chi connectivity index (χ0) is 24.5. The molecule has 0 aromatic heterocycles. The molecule has 4 amide bonds. The number of alkyl carbamates (subject to hydrolysis) is 1. The molecule has 1 rings (SSSR count). The lowest BCUT2D eigenvalue weighted by atomic mass is 10.0. The van der Waals surface area contributed by atoms with Crippen LogP contribution in [0.4, 0.5) is 4.79 Å². The molecule has 0 aliphatic rings. The number of nitrogens with one attached hydrogen (secondary N) is 4. The second-order valence-corrected chi connectivity index (χ2v) is 7.81. The third kappa shape index (κ3) is 8.62. The van der Waals surface area contributed by atoms with E-state index < -0.39 is 53.4 Å². The van der Waals surface area contributed by atoms with Crippen LogP contribution < -0.4 is 21.3 Å². The fourth-order valence-electron chi connectivity index (χ4n) is 2.32. The van der Waals surface area contributed by atoms with Crippen LogP contribution in [0.2, 0.25) is 0 Å². The number of amides is 4. The van der Waals surface area contributed by atoms with Crippen molar-refractivity contribution in [3.63, 3.8) is 0 Å². The van der Waals surface area contributed by atoms with Gasteiger partial charge in [0, 0.05) is 0 Å². The van der Waals surface area contributed by atoms with E-state index >= 15 is 0 Å². The molecule has 0 radical (unpaired) electrons. The average Bonchev–Trinajstić information content (AvgIpc) is 2.72. The Labute approximate surface area is 186 Å². The third-order valence-corrected chi connectivity index (χ3v) is 4.42. The Bertz CT molecular complexity index is 842. The molecule has 0 aliphatic heterocycles. The van der Waals surface area contributed by atoms with E-state index in [1.807, 2.05) is 6.07 Å². The maximum absolute atomic E-state index is 12.5. The predicted octanol–water partition coefficient (Wildman–Crippen LogP) is 0.290. The second kappa shape index (κ2) is 11.7. The Morgan fingerprint density at radius 2 is 1.38 bits per heavy atom. The maximum Gasteiger partial charge on any atom is 0.408 e. The summed E-state index contributed by atoms with van der Waals surface area (Å²) in [6.45, 7) is 6.99. The van der Waals surface area contributed by atoms with Crippen molar-refractivity contribution in [3.8, 4) is 0 Å². The van der Waals surface area contributed by atoms with Crippen molar-refractivity contribution in [2.75, 3.05) is 0 Å². The van der Waals surface area contributed by atoms with E-state index in [2.05, 4.69) is 21.3 Å². The van der Waals surface area contributed by atoms with Gasteiger partial charge in [-0.05, 0) is 40.2 Å². The quantitative estimate of drug-likeness (QED) is 0.342. The summed E-state index contributed by atoms with van der Waals surface area (Å²) in [4.78, 5) is 59.6. The van der Waals surface area contributed by atoms with E-state index in [-0.39, 0.29) is 6.61 Å². The first-order valence-electron chi connectivity index (χ1n) is 9.97. The van der Waals surface area contributed by atoms with E-state index in [0.29, 0.717) is 0 Å². The molecule has 0 heterocycles. The molecule has 0 bridgehead atoms. The highest BCUT2D eigenvalue weighted by Crippen LogP contribution is 2.06. The molecular formula is C21H30N4O7. The number of carboxylic acids is 1. The summed E-state index contributed by atoms with van der Waals surface area (Å²) < 4.78 is 5.10. The summed E-state index contributed by atoms with van der Waals surface area (Å²) >= 11 is 0. The number of ether oxygens (including phenoxy) is 1. The minimum Gasteiger partial charge on any atom is -0.480 e. The van der Waals surface area contributed by atoms with Gasteiger partial charge in [-0.15, -0.1) is 0 Å². The van der Waals surface area contributed by atoms with Crippen LogP contribution in [-0.2, 0) is 30.5 Å². The van der Waals surface area contributed by atoms with Gasteiger partial charge in [-0.3, -0.25) is 19.2 Å². The van der Waals surface area contributed by atoms with Crippen LogP contribution in [0, 0.1) is 0 Å². The Hall–Kier alpha value is -3.63. The van der Waals surface area contributed by atoms with Gasteiger partial charge in [0.25, 0.3) is 0 Å². The lowest BCUT2D eigenvalue weighted by Crippen LogP contribution is -2.59. The van der Waals surface area contributed by atoms with Crippen molar-refractivity contribution >= 4 is 29.8 Å². The fraction of sp³-hybridized carbons (Fsp3) is 0.476. The Kier molecular flexibility index (Phi) is 9.64. The molecule has 3 atom stereocenters. The third-order valence-electron chi connectivity index (χ3n) is 4.42. The predicted molar refractivity (Wildman–Crippen MR) is 114 cm³/mol. The fourth-order valence-corrected chi connectivity index (χ4v) is 2.32. The molecule has 0 aliphatic carbocycles. The molecule has 0 spiro atoms. The molecule has 5 N–H and O–H groups in total. The molecule has 0 unspecified atom stereocenters. The van der Waals surface area contributed by atoms with E-state index in [4.69, 9.17) is 9.84 Å². The minimum atomic E-state index is -1.39. The summed E-state index contributed by atoms with van der Waals surface area (Å²) in [6.07, 6.45) is -0.802. The zero-order valence-electron chi connectivity index (χ0n) is 18.7. The summed E-state index contributed by atoms with van der Waals surface area (Å²) in [5, 5.41) is 18.3. The smallest absolute Gasteiger partial charge is 0.408 e. The van der Waals surface area contributed by atoms with E-state index in [1.165, 1.54) is 34.6 Å². The van der Waals surface area contributed by atoms with Gasteiger partial charge in [0.2, 0.25) is 17.7 Å². The Balaban J connectivity index is 2.53. The van der Waals surface area contributed by atoms with Crippen LogP contribution >= 0.6 is 0 Å². The molecule has 0 saturated heterocycles. The van der Waals surface area contributed by atoms with E-state index in [1.54, 1.807) is 24.3 Å². The summed E-state index contributed by atoms with van der Waals surface area (Å²) in [5.41, 5.74) is -0.603. The molecular weight excluding hydrogens is 420 g/mol. The number of carbonyl (C=O) groups is 5. The molecule has 1 aromatic rings. The molecule has 1 aromatic carbocycles. The molecule has 11 heteroatoms. The number of carbonyl (C=O) groups excluding carboxylic acids is 4. The van der Waals surface area contributed by atoms with Crippen molar-refractivity contribution in [3.05, 3.63) is 35.9 Å². The zero-order valence-corrected chi connectivity index (χ0v) is 18.7. The van der Waals surface area contributed by atoms with Crippen molar-refractivity contribution in [2.24, 2.45) is 0 Å². The monoisotopic (exact) mass is 450 g/mol. The molecule has 0 fully saturated rings. The lowest BCUT2D eigenvalue weighted by Gasteiger charge is -2.27. The summed E-state index contributed by atoms with van der Waals surface area (Å²) in [5.74, 6) is -3.20. The van der Waals surface area contributed by atoms with Gasteiger partial charge in [0.05, 0.1) is 0 Å². The average molecular weight is 450 g/mol. The summed E-state index contributed by atoms with van der Waals surface area (Å²) in [6, 6.07) is 5.84. The molecule has 32 heavy (non-hydrogen) atoms. The molecule has 176 valence electrons.